The Bertz CT molecular complexity index is 595. The van der Waals surface area contributed by atoms with E-state index in [-0.39, 0.29) is 177 Å². The van der Waals surface area contributed by atoms with Gasteiger partial charge < -0.3 is 71.9 Å². The third-order valence-corrected chi connectivity index (χ3v) is 4.28. The molecule has 0 amide bonds. The van der Waals surface area contributed by atoms with Crippen LogP contribution in [0.5, 0.6) is 0 Å². The van der Waals surface area contributed by atoms with E-state index in [2.05, 4.69) is 13.6 Å². The quantitative estimate of drug-likeness (QED) is 0.204. The van der Waals surface area contributed by atoms with Gasteiger partial charge in [0.25, 0.3) is 0 Å². The van der Waals surface area contributed by atoms with Crippen LogP contribution in [-0.2, 0) is 27.3 Å². The van der Waals surface area contributed by atoms with Gasteiger partial charge in [-0.25, -0.2) is 0 Å². The molecule has 0 aliphatic heterocycles. The monoisotopic (exact) mass is 552 g/mol. The second kappa shape index (κ2) is 20.2. The molecule has 1 rings (SSSR count). The van der Waals surface area contributed by atoms with Gasteiger partial charge >= 0.3 is 177 Å². The molecule has 30 heavy (non-hydrogen) atoms. The van der Waals surface area contributed by atoms with E-state index in [1.807, 2.05) is 0 Å². The topological polar surface area (TPSA) is 278 Å². The predicted molar refractivity (Wildman–Crippen MR) is 55.5 cm³/mol. The van der Waals surface area contributed by atoms with Gasteiger partial charge in [-0.15, -0.1) is 0 Å². The average Bonchev–Trinajstić information content (AvgIpc) is 2.32. The van der Waals surface area contributed by atoms with Crippen molar-refractivity contribution in [1.29, 1.82) is 0 Å². The summed E-state index contributed by atoms with van der Waals surface area (Å²) in [6.45, 7) is 0. The van der Waals surface area contributed by atoms with E-state index < -0.39 is 60.1 Å². The minimum Gasteiger partial charge on any atom is -0.790 e. The molecular weight excluding hydrogens is 543 g/mol. The van der Waals surface area contributed by atoms with Crippen LogP contribution in [0.2, 0.25) is 0 Å². The van der Waals surface area contributed by atoms with Gasteiger partial charge in [0, 0.05) is 0 Å². The number of rotatable bonds is 6. The maximum absolute atomic E-state index is 10.6. The standard InChI is InChI=1S/C6H15O15P3.6Na/c7-1-2(8)5(20-23(13,14)15)6(21-24(16,17)18)3(9)4(1)19-22(10,11)12;;;;;;/h1-9H,(H2,10,11,12)(H2,13,14,15)(H2,16,17,18);;;;;;/q;6*+1/p-6/t1-,2+,3-,4+,5+,6+;;;;;;/m0....../s1. The van der Waals surface area contributed by atoms with E-state index in [0.29, 0.717) is 0 Å². The summed E-state index contributed by atoms with van der Waals surface area (Å²) in [6.07, 6.45) is -15.7. The second-order valence-electron chi connectivity index (χ2n) is 4.52. The van der Waals surface area contributed by atoms with Crippen LogP contribution in [0.4, 0.5) is 0 Å². The van der Waals surface area contributed by atoms with E-state index in [1.54, 1.807) is 0 Å². The van der Waals surface area contributed by atoms with Crippen LogP contribution in [0.1, 0.15) is 0 Å². The van der Waals surface area contributed by atoms with Crippen molar-refractivity contribution in [2.75, 3.05) is 0 Å². The van der Waals surface area contributed by atoms with E-state index in [0.717, 1.165) is 0 Å². The Morgan fingerprint density at radius 1 is 0.467 bits per heavy atom. The first-order valence-electron chi connectivity index (χ1n) is 5.67. The first-order valence-corrected chi connectivity index (χ1v) is 10.1. The summed E-state index contributed by atoms with van der Waals surface area (Å²) in [4.78, 5) is 63.6. The zero-order valence-corrected chi connectivity index (χ0v) is 31.7. The van der Waals surface area contributed by atoms with E-state index in [9.17, 15) is 58.4 Å². The molecule has 0 unspecified atom stereocenters. The van der Waals surface area contributed by atoms with Gasteiger partial charge in [0.2, 0.25) is 0 Å². The summed E-state index contributed by atoms with van der Waals surface area (Å²) < 4.78 is 43.0. The van der Waals surface area contributed by atoms with Crippen LogP contribution in [0.25, 0.3) is 0 Å². The van der Waals surface area contributed by atoms with Crippen molar-refractivity contribution in [2.45, 2.75) is 36.6 Å². The van der Waals surface area contributed by atoms with Gasteiger partial charge in [-0.3, -0.25) is 0 Å². The van der Waals surface area contributed by atoms with Crippen molar-refractivity contribution in [3.63, 3.8) is 0 Å². The van der Waals surface area contributed by atoms with Crippen LogP contribution in [-0.4, -0.2) is 51.9 Å². The number of phosphoric ester groups is 3. The normalized spacial score (nSPS) is 28.7. The number of aliphatic hydroxyl groups is 3. The number of hydrogen-bond acceptors (Lipinski definition) is 15. The van der Waals surface area contributed by atoms with E-state index in [4.69, 9.17) is 0 Å². The van der Waals surface area contributed by atoms with E-state index in [1.165, 1.54) is 0 Å². The Morgan fingerprint density at radius 3 is 0.933 bits per heavy atom. The second-order valence-corrected chi connectivity index (χ2v) is 7.84. The molecule has 0 aromatic heterocycles. The molecule has 1 saturated carbocycles. The fraction of sp³-hybridized carbons (Fsp3) is 1.00. The van der Waals surface area contributed by atoms with Gasteiger partial charge in [-0.1, -0.05) is 0 Å². The molecule has 144 valence electrons. The van der Waals surface area contributed by atoms with Gasteiger partial charge in [0.15, 0.2) is 0 Å². The Balaban J connectivity index is -0.000000240. The Hall–Kier alpha value is 6.21. The van der Waals surface area contributed by atoms with Crippen LogP contribution in [0, 0.1) is 0 Å². The smallest absolute Gasteiger partial charge is 0.790 e. The molecule has 3 N–H and O–H groups in total. The van der Waals surface area contributed by atoms with Crippen molar-refractivity contribution >= 4 is 23.5 Å². The molecule has 0 radical (unpaired) electrons. The summed E-state index contributed by atoms with van der Waals surface area (Å²) in [7, 11) is -17.9. The summed E-state index contributed by atoms with van der Waals surface area (Å²) >= 11 is 0. The van der Waals surface area contributed by atoms with E-state index >= 15 is 0 Å². The molecule has 0 bridgehead atoms. The van der Waals surface area contributed by atoms with Crippen molar-refractivity contribution in [2.24, 2.45) is 0 Å². The van der Waals surface area contributed by atoms with Crippen LogP contribution >= 0.6 is 23.5 Å². The van der Waals surface area contributed by atoms with Crippen molar-refractivity contribution < 1.29 is 249 Å². The molecule has 24 heteroatoms. The molecule has 1 aliphatic rings. The summed E-state index contributed by atoms with van der Waals surface area (Å²) in [5, 5.41) is 28.9. The zero-order chi connectivity index (χ0) is 19.1. The first-order chi connectivity index (χ1) is 10.5. The fourth-order valence-electron chi connectivity index (χ4n) is 1.98. The molecule has 1 fully saturated rings. The molecule has 0 aromatic carbocycles. The summed E-state index contributed by atoms with van der Waals surface area (Å²) in [5.74, 6) is 0. The molecule has 0 saturated heterocycles. The van der Waals surface area contributed by atoms with Gasteiger partial charge in [0.05, 0.1) is 23.5 Å². The largest absolute Gasteiger partial charge is 1.00 e. The number of aliphatic hydroxyl groups excluding tert-OH is 3. The molecular formula is C6H9Na6O15P3. The molecule has 0 aromatic rings. The van der Waals surface area contributed by atoms with Gasteiger partial charge in [-0.2, -0.15) is 0 Å². The van der Waals surface area contributed by atoms with Crippen LogP contribution in [0.3, 0.4) is 0 Å². The fourth-order valence-corrected chi connectivity index (χ4v) is 3.62. The minimum absolute atomic E-state index is 0. The van der Waals surface area contributed by atoms with Crippen molar-refractivity contribution in [3.05, 3.63) is 0 Å². The third-order valence-electron chi connectivity index (χ3n) is 2.77. The van der Waals surface area contributed by atoms with Crippen LogP contribution in [0.15, 0.2) is 0 Å². The summed E-state index contributed by atoms with van der Waals surface area (Å²) in [5.41, 5.74) is 0. The van der Waals surface area contributed by atoms with Gasteiger partial charge in [0.1, 0.15) is 36.6 Å². The average molecular weight is 552 g/mol. The van der Waals surface area contributed by atoms with Crippen LogP contribution < -0.4 is 207 Å². The molecule has 15 nitrogen and oxygen atoms in total. The Labute approximate surface area is 303 Å². The molecule has 1 aliphatic carbocycles. The maximum Gasteiger partial charge on any atom is 1.00 e. The first kappa shape index (κ1) is 49.2. The predicted octanol–water partition coefficient (Wildman–Crippen LogP) is -25.3. The third kappa shape index (κ3) is 18.5. The van der Waals surface area contributed by atoms with Crippen molar-refractivity contribution in [1.82, 2.24) is 0 Å². The molecule has 0 spiro atoms. The zero-order valence-electron chi connectivity index (χ0n) is 17.0. The maximum atomic E-state index is 10.6. The van der Waals surface area contributed by atoms with Crippen molar-refractivity contribution in [3.8, 4) is 0 Å². The Kier molecular flexibility index (Phi) is 33.1. The SMILES string of the molecule is O=P([O-])([O-])O[C@@H]1[C@@H](O)[C@@H](O)[C@@H](OP(=O)([O-])[O-])[C@H](OP(=O)([O-])[O-])[C@H]1O.[Na+].[Na+].[Na+].[Na+].[Na+].[Na+]. The van der Waals surface area contributed by atoms with Gasteiger partial charge in [-0.05, 0) is 0 Å². The number of phosphoric acid groups is 3. The Morgan fingerprint density at radius 2 is 0.667 bits per heavy atom. The number of hydrogen-bond donors (Lipinski definition) is 3. The summed E-state index contributed by atoms with van der Waals surface area (Å²) in [6, 6.07) is 0. The molecule has 6 atom stereocenters. The minimum atomic E-state index is -6.01. The molecule has 0 heterocycles.